The van der Waals surface area contributed by atoms with Gasteiger partial charge in [-0.3, -0.25) is 0 Å². The second-order valence-electron chi connectivity index (χ2n) is 8.42. The van der Waals surface area contributed by atoms with Gasteiger partial charge >= 0.3 is 0 Å². The smallest absolute Gasteiger partial charge is 0.164 e. The van der Waals surface area contributed by atoms with Crippen LogP contribution in [0.1, 0.15) is 40.0 Å². The summed E-state index contributed by atoms with van der Waals surface area (Å²) in [4.78, 5) is 14.4. The van der Waals surface area contributed by atoms with Gasteiger partial charge in [-0.25, -0.2) is 15.0 Å². The zero-order valence-electron chi connectivity index (χ0n) is 21.2. The number of hydrogen-bond acceptors (Lipinski definition) is 6. The van der Waals surface area contributed by atoms with E-state index in [0.29, 0.717) is 37.3 Å². The molecule has 0 amide bonds. The van der Waals surface area contributed by atoms with E-state index in [9.17, 15) is 0 Å². The summed E-state index contributed by atoms with van der Waals surface area (Å²) >= 11 is 0. The van der Waals surface area contributed by atoms with Gasteiger partial charge in [-0.2, -0.15) is 0 Å². The van der Waals surface area contributed by atoms with Gasteiger partial charge < -0.3 is 14.2 Å². The monoisotopic (exact) mass is 483 g/mol. The number of benzene rings is 3. The number of rotatable bonds is 12. The molecule has 3 aromatic carbocycles. The predicted octanol–water partition coefficient (Wildman–Crippen LogP) is 7.24. The molecule has 0 aliphatic carbocycles. The second-order valence-corrected chi connectivity index (χ2v) is 8.42. The molecule has 0 radical (unpaired) electrons. The van der Waals surface area contributed by atoms with E-state index < -0.39 is 0 Å². The van der Waals surface area contributed by atoms with Gasteiger partial charge in [0, 0.05) is 16.7 Å². The van der Waals surface area contributed by atoms with E-state index in [0.717, 1.165) is 53.2 Å². The fourth-order valence-electron chi connectivity index (χ4n) is 3.52. The van der Waals surface area contributed by atoms with Crippen LogP contribution in [0.15, 0.2) is 72.8 Å². The standard InChI is InChI=1S/C30H33N3O3/c1-4-19-34-25-13-7-22(8-14-25)28-31-29(23-9-15-26(16-10-23)35-20-5-2)33-30(32-28)24-11-17-27(18-12-24)36-21-6-3/h7-18H,4-6,19-21H2,1-3H3. The zero-order valence-corrected chi connectivity index (χ0v) is 21.2. The molecular formula is C30H33N3O3. The van der Waals surface area contributed by atoms with E-state index in [1.165, 1.54) is 0 Å². The van der Waals surface area contributed by atoms with E-state index in [2.05, 4.69) is 20.8 Å². The Morgan fingerprint density at radius 1 is 0.417 bits per heavy atom. The molecule has 4 aromatic rings. The SMILES string of the molecule is CCCOc1ccc(-c2nc(-c3ccc(OCCC)cc3)nc(-c3ccc(OCCC)cc3)n2)cc1. The maximum absolute atomic E-state index is 5.73. The molecule has 36 heavy (non-hydrogen) atoms. The van der Waals surface area contributed by atoms with Gasteiger partial charge in [0.25, 0.3) is 0 Å². The molecule has 0 saturated heterocycles. The van der Waals surface area contributed by atoms with Crippen LogP contribution in [0.5, 0.6) is 17.2 Å². The molecule has 0 atom stereocenters. The Kier molecular flexibility index (Phi) is 8.87. The lowest BCUT2D eigenvalue weighted by Gasteiger charge is -2.10. The fraction of sp³-hybridized carbons (Fsp3) is 0.300. The first-order valence-corrected chi connectivity index (χ1v) is 12.7. The van der Waals surface area contributed by atoms with Crippen molar-refractivity contribution in [2.24, 2.45) is 0 Å². The van der Waals surface area contributed by atoms with Crippen molar-refractivity contribution in [3.05, 3.63) is 72.8 Å². The Labute approximate surface area is 213 Å². The van der Waals surface area contributed by atoms with Crippen LogP contribution in [0.25, 0.3) is 34.2 Å². The molecule has 6 nitrogen and oxygen atoms in total. The van der Waals surface area contributed by atoms with Crippen LogP contribution < -0.4 is 14.2 Å². The molecule has 6 heteroatoms. The van der Waals surface area contributed by atoms with Crippen LogP contribution in [-0.2, 0) is 0 Å². The van der Waals surface area contributed by atoms with Gasteiger partial charge in [-0.15, -0.1) is 0 Å². The van der Waals surface area contributed by atoms with Gasteiger partial charge in [0.1, 0.15) is 17.2 Å². The Hall–Kier alpha value is -3.93. The third-order valence-corrected chi connectivity index (χ3v) is 5.39. The van der Waals surface area contributed by atoms with E-state index in [-0.39, 0.29) is 0 Å². The average Bonchev–Trinajstić information content (AvgIpc) is 2.94. The lowest BCUT2D eigenvalue weighted by molar-refractivity contribution is 0.317. The summed E-state index contributed by atoms with van der Waals surface area (Å²) in [5, 5.41) is 0. The minimum absolute atomic E-state index is 0.606. The quantitative estimate of drug-likeness (QED) is 0.212. The molecule has 0 aliphatic rings. The van der Waals surface area contributed by atoms with Crippen LogP contribution in [0.2, 0.25) is 0 Å². The highest BCUT2D eigenvalue weighted by molar-refractivity contribution is 5.67. The first kappa shape index (κ1) is 25.2. The number of aromatic nitrogens is 3. The summed E-state index contributed by atoms with van der Waals surface area (Å²) < 4.78 is 17.2. The summed E-state index contributed by atoms with van der Waals surface area (Å²) in [6, 6.07) is 23.6. The highest BCUT2D eigenvalue weighted by Gasteiger charge is 2.13. The van der Waals surface area contributed by atoms with Crippen LogP contribution in [0, 0.1) is 0 Å². The number of hydrogen-bond donors (Lipinski definition) is 0. The molecule has 4 rings (SSSR count). The Balaban J connectivity index is 1.70. The van der Waals surface area contributed by atoms with Crippen molar-refractivity contribution in [2.75, 3.05) is 19.8 Å². The van der Waals surface area contributed by atoms with Crippen LogP contribution >= 0.6 is 0 Å². The molecule has 0 aliphatic heterocycles. The molecule has 186 valence electrons. The van der Waals surface area contributed by atoms with Crippen LogP contribution in [0.3, 0.4) is 0 Å². The predicted molar refractivity (Wildman–Crippen MR) is 143 cm³/mol. The van der Waals surface area contributed by atoms with Gasteiger partial charge in [0.15, 0.2) is 17.5 Å². The highest BCUT2D eigenvalue weighted by atomic mass is 16.5. The van der Waals surface area contributed by atoms with Crippen molar-refractivity contribution in [1.82, 2.24) is 15.0 Å². The van der Waals surface area contributed by atoms with Gasteiger partial charge in [-0.05, 0) is 92.1 Å². The largest absolute Gasteiger partial charge is 0.494 e. The maximum Gasteiger partial charge on any atom is 0.164 e. The summed E-state index contributed by atoms with van der Waals surface area (Å²) in [6.07, 6.45) is 2.89. The van der Waals surface area contributed by atoms with Gasteiger partial charge in [0.05, 0.1) is 19.8 Å². The highest BCUT2D eigenvalue weighted by Crippen LogP contribution is 2.28. The third kappa shape index (κ3) is 6.60. The minimum atomic E-state index is 0.606. The van der Waals surface area contributed by atoms with Crippen LogP contribution in [0.4, 0.5) is 0 Å². The Morgan fingerprint density at radius 2 is 0.667 bits per heavy atom. The molecule has 0 saturated carbocycles. The Morgan fingerprint density at radius 3 is 0.889 bits per heavy atom. The molecule has 1 heterocycles. The molecule has 0 N–H and O–H groups in total. The Bertz CT molecular complexity index is 1060. The first-order chi connectivity index (χ1) is 17.7. The van der Waals surface area contributed by atoms with Gasteiger partial charge in [-0.1, -0.05) is 20.8 Å². The number of nitrogens with zero attached hydrogens (tertiary/aromatic N) is 3. The fourth-order valence-corrected chi connectivity index (χ4v) is 3.52. The first-order valence-electron chi connectivity index (χ1n) is 12.7. The molecule has 0 unspecified atom stereocenters. The lowest BCUT2D eigenvalue weighted by Crippen LogP contribution is -2.01. The average molecular weight is 484 g/mol. The molecular weight excluding hydrogens is 450 g/mol. The molecule has 0 bridgehead atoms. The van der Waals surface area contributed by atoms with E-state index >= 15 is 0 Å². The summed E-state index contributed by atoms with van der Waals surface area (Å²) in [6.45, 7) is 8.34. The topological polar surface area (TPSA) is 66.4 Å². The van der Waals surface area contributed by atoms with Crippen molar-refractivity contribution in [1.29, 1.82) is 0 Å². The normalized spacial score (nSPS) is 10.8. The molecule has 0 spiro atoms. The molecule has 1 aromatic heterocycles. The van der Waals surface area contributed by atoms with E-state index in [1.54, 1.807) is 0 Å². The summed E-state index contributed by atoms with van der Waals surface area (Å²) in [5.74, 6) is 4.32. The summed E-state index contributed by atoms with van der Waals surface area (Å²) in [5.41, 5.74) is 2.69. The van der Waals surface area contributed by atoms with Crippen molar-refractivity contribution in [3.8, 4) is 51.4 Å². The van der Waals surface area contributed by atoms with Crippen molar-refractivity contribution < 1.29 is 14.2 Å². The molecule has 0 fully saturated rings. The van der Waals surface area contributed by atoms with E-state index in [1.807, 2.05) is 72.8 Å². The van der Waals surface area contributed by atoms with Gasteiger partial charge in [0.2, 0.25) is 0 Å². The van der Waals surface area contributed by atoms with Crippen LogP contribution in [-0.4, -0.2) is 34.8 Å². The second kappa shape index (κ2) is 12.7. The number of ether oxygens (including phenoxy) is 3. The van der Waals surface area contributed by atoms with E-state index in [4.69, 9.17) is 29.2 Å². The minimum Gasteiger partial charge on any atom is -0.494 e. The maximum atomic E-state index is 5.73. The van der Waals surface area contributed by atoms with Crippen molar-refractivity contribution >= 4 is 0 Å². The van der Waals surface area contributed by atoms with Crippen molar-refractivity contribution in [2.45, 2.75) is 40.0 Å². The van der Waals surface area contributed by atoms with Crippen molar-refractivity contribution in [3.63, 3.8) is 0 Å². The zero-order chi connectivity index (χ0) is 25.2. The summed E-state index contributed by atoms with van der Waals surface area (Å²) in [7, 11) is 0. The third-order valence-electron chi connectivity index (χ3n) is 5.39. The lowest BCUT2D eigenvalue weighted by atomic mass is 10.1.